The molecule has 0 aliphatic heterocycles. The van der Waals surface area contributed by atoms with Gasteiger partial charge in [-0.15, -0.1) is 0 Å². The number of phosphoric ester groups is 1. The van der Waals surface area contributed by atoms with Crippen molar-refractivity contribution in [3.05, 3.63) is 0 Å². The molecule has 0 saturated carbocycles. The first-order valence-electron chi connectivity index (χ1n) is 4.22. The van der Waals surface area contributed by atoms with Gasteiger partial charge in [-0.05, 0) is 0 Å². The molecule has 14 heteroatoms. The van der Waals surface area contributed by atoms with Gasteiger partial charge < -0.3 is 34.3 Å². The van der Waals surface area contributed by atoms with Crippen molar-refractivity contribution in [3.8, 4) is 0 Å². The fraction of sp³-hybridized carbons (Fsp3) is 0.833. The molecule has 0 radical (unpaired) electrons. The van der Waals surface area contributed by atoms with Crippen LogP contribution in [0.15, 0.2) is 0 Å². The van der Waals surface area contributed by atoms with E-state index in [0.717, 1.165) is 0 Å². The quantitative estimate of drug-likeness (QED) is 0.179. The molecule has 0 spiro atoms. The number of rotatable bonds is 6. The summed E-state index contributed by atoms with van der Waals surface area (Å²) in [5.41, 5.74) is 0. The van der Waals surface area contributed by atoms with E-state index >= 15 is 0 Å². The van der Waals surface area contributed by atoms with Crippen LogP contribution in [0.3, 0.4) is 0 Å². The van der Waals surface area contributed by atoms with Crippen LogP contribution in [0.1, 0.15) is 4.28 Å². The summed E-state index contributed by atoms with van der Waals surface area (Å²) in [5, 5.41) is 44.6. The average Bonchev–Trinajstić information content (AvgIpc) is 2.22. The third kappa shape index (κ3) is 11.9. The average molecular weight is 348 g/mol. The van der Waals surface area contributed by atoms with Crippen LogP contribution in [0.4, 0.5) is 0 Å². The minimum atomic E-state index is -5.19. The number of hydrogen-bond donors (Lipinski definition) is 7. The number of phosphoric acid groups is 1. The second-order valence-electron chi connectivity index (χ2n) is 3.08. The molecule has 0 rings (SSSR count). The van der Waals surface area contributed by atoms with Crippen molar-refractivity contribution in [1.29, 1.82) is 0 Å². The third-order valence-corrected chi connectivity index (χ3v) is 2.12. The number of aliphatic hydroxyl groups excluding tert-OH is 5. The van der Waals surface area contributed by atoms with Gasteiger partial charge in [0.1, 0.15) is 18.3 Å². The molecule has 0 aromatic carbocycles. The van der Waals surface area contributed by atoms with Gasteiger partial charge in [-0.3, -0.25) is 9.79 Å². The van der Waals surface area contributed by atoms with Gasteiger partial charge in [0, 0.05) is 0 Å². The van der Waals surface area contributed by atoms with E-state index in [1.165, 1.54) is 0 Å². The van der Waals surface area contributed by atoms with E-state index in [2.05, 4.69) is 4.52 Å². The molecule has 0 amide bonds. The monoisotopic (exact) mass is 348 g/mol. The van der Waals surface area contributed by atoms with Crippen molar-refractivity contribution < 1.29 is 142 Å². The Labute approximate surface area is 185 Å². The number of hydrogen-bond acceptors (Lipinski definition) is 8. The van der Waals surface area contributed by atoms with Crippen LogP contribution in [-0.2, 0) is 13.9 Å². The molecule has 0 fully saturated rings. The van der Waals surface area contributed by atoms with Gasteiger partial charge in [0.15, 0.2) is 6.10 Å². The SMILES string of the molecule is O=C(OP(=O)(O)O)[C@H](O)[C@@H](O)[C@H](O)[C@H](O)CO.[H-].[H-].[H-].[Na+].[Na+].[Na+]. The Morgan fingerprint density at radius 3 is 1.75 bits per heavy atom. The Hall–Kier alpha value is 2.42. The normalized spacial score (nSPS) is 16.4. The van der Waals surface area contributed by atoms with Crippen LogP contribution in [0.25, 0.3) is 0 Å². The Morgan fingerprint density at radius 2 is 1.45 bits per heavy atom. The molecule has 4 atom stereocenters. The van der Waals surface area contributed by atoms with E-state index in [0.29, 0.717) is 0 Å². The fourth-order valence-corrected chi connectivity index (χ4v) is 1.18. The van der Waals surface area contributed by atoms with Crippen LogP contribution in [0.5, 0.6) is 0 Å². The van der Waals surface area contributed by atoms with Gasteiger partial charge in [0.25, 0.3) is 0 Å². The molecule has 0 saturated heterocycles. The topological polar surface area (TPSA) is 185 Å². The zero-order chi connectivity index (χ0) is 13.8. The molecule has 7 N–H and O–H groups in total. The molecule has 10 nitrogen and oxygen atoms in total. The zero-order valence-electron chi connectivity index (χ0n) is 14.3. The van der Waals surface area contributed by atoms with E-state index in [9.17, 15) is 9.36 Å². The molecule has 0 heterocycles. The van der Waals surface area contributed by atoms with Gasteiger partial charge in [-0.2, -0.15) is 0 Å². The summed E-state index contributed by atoms with van der Waals surface area (Å²) in [7, 11) is -5.19. The van der Waals surface area contributed by atoms with Crippen molar-refractivity contribution in [3.63, 3.8) is 0 Å². The first kappa shape index (κ1) is 30.3. The maximum atomic E-state index is 10.8. The molecule has 108 valence electrons. The van der Waals surface area contributed by atoms with Crippen molar-refractivity contribution in [2.45, 2.75) is 24.4 Å². The molecular weight excluding hydrogens is 332 g/mol. The molecule has 0 aliphatic carbocycles. The Morgan fingerprint density at radius 1 is 1.05 bits per heavy atom. The standard InChI is InChI=1S/C6H13O10P.3Na.3H/c7-1-2(8)3(9)4(10)5(11)6(12)16-17(13,14)15;;;;;;/h2-5,7-11H,1H2,(H2,13,14,15);;;;;;/q;3*+1;3*-1/t2-,3-,4+,5-;;;;;;/m1....../s1. The minimum Gasteiger partial charge on any atom is -1.00 e. The van der Waals surface area contributed by atoms with Crippen LogP contribution in [-0.4, -0.2) is 72.3 Å². The Balaban J connectivity index is -0.0000000853. The number of carbonyl (C=O) groups excluding carboxylic acids is 1. The van der Waals surface area contributed by atoms with Crippen LogP contribution < -0.4 is 88.7 Å². The molecule has 0 unspecified atom stereocenters. The van der Waals surface area contributed by atoms with Crippen molar-refractivity contribution in [1.82, 2.24) is 0 Å². The van der Waals surface area contributed by atoms with Crippen LogP contribution >= 0.6 is 7.82 Å². The van der Waals surface area contributed by atoms with Gasteiger partial charge in [0.05, 0.1) is 6.61 Å². The largest absolute Gasteiger partial charge is 1.00 e. The fourth-order valence-electron chi connectivity index (χ4n) is 0.833. The number of carbonyl (C=O) groups is 1. The van der Waals surface area contributed by atoms with Gasteiger partial charge in [-0.1, -0.05) is 0 Å². The summed E-state index contributed by atoms with van der Waals surface area (Å²) in [6.45, 7) is -0.960. The molecule has 0 aliphatic rings. The van der Waals surface area contributed by atoms with Gasteiger partial charge >= 0.3 is 102 Å². The van der Waals surface area contributed by atoms with Crippen molar-refractivity contribution in [2.24, 2.45) is 0 Å². The molecular formula is C6H16Na3O10P. The summed E-state index contributed by atoms with van der Waals surface area (Å²) in [5.74, 6) is -1.88. The van der Waals surface area contributed by atoms with E-state index in [-0.39, 0.29) is 93.0 Å². The maximum Gasteiger partial charge on any atom is 1.00 e. The van der Waals surface area contributed by atoms with E-state index in [4.69, 9.17) is 35.3 Å². The van der Waals surface area contributed by atoms with E-state index in [1.54, 1.807) is 0 Å². The summed E-state index contributed by atoms with van der Waals surface area (Å²) in [6.07, 6.45) is -8.71. The summed E-state index contributed by atoms with van der Waals surface area (Å²) in [6, 6.07) is 0. The molecule has 0 bridgehead atoms. The first-order chi connectivity index (χ1) is 7.60. The van der Waals surface area contributed by atoms with Gasteiger partial charge in [0.2, 0.25) is 0 Å². The molecule has 20 heavy (non-hydrogen) atoms. The number of aliphatic hydroxyl groups is 5. The second-order valence-corrected chi connectivity index (χ2v) is 4.24. The summed E-state index contributed by atoms with van der Waals surface area (Å²) < 4.78 is 13.7. The van der Waals surface area contributed by atoms with Gasteiger partial charge in [-0.25, -0.2) is 9.36 Å². The maximum absolute atomic E-state index is 10.8. The molecule has 0 aromatic rings. The van der Waals surface area contributed by atoms with Crippen LogP contribution in [0.2, 0.25) is 0 Å². The Bertz CT molecular complexity index is 324. The van der Waals surface area contributed by atoms with Crippen molar-refractivity contribution >= 4 is 13.8 Å². The molecule has 0 aromatic heterocycles. The first-order valence-corrected chi connectivity index (χ1v) is 5.75. The minimum absolute atomic E-state index is 0. The third-order valence-electron chi connectivity index (χ3n) is 1.71. The van der Waals surface area contributed by atoms with E-state index in [1.807, 2.05) is 0 Å². The smallest absolute Gasteiger partial charge is 1.00 e. The van der Waals surface area contributed by atoms with Crippen molar-refractivity contribution in [2.75, 3.05) is 6.61 Å². The summed E-state index contributed by atoms with van der Waals surface area (Å²) in [4.78, 5) is 27.3. The predicted molar refractivity (Wildman–Crippen MR) is 52.6 cm³/mol. The Kier molecular flexibility index (Phi) is 21.0. The van der Waals surface area contributed by atoms with Crippen LogP contribution in [0, 0.1) is 0 Å². The summed E-state index contributed by atoms with van der Waals surface area (Å²) >= 11 is 0. The predicted octanol–water partition coefficient (Wildman–Crippen LogP) is -12.6. The van der Waals surface area contributed by atoms with E-state index < -0.39 is 44.8 Å². The zero-order valence-corrected chi connectivity index (χ0v) is 18.2. The second kappa shape index (κ2) is 13.8.